The van der Waals surface area contributed by atoms with Crippen molar-refractivity contribution >= 4 is 5.97 Å². The van der Waals surface area contributed by atoms with E-state index < -0.39 is 0 Å². The number of unbranched alkanes of at least 4 members (excludes halogenated alkanes) is 6. The summed E-state index contributed by atoms with van der Waals surface area (Å²) in [4.78, 5) is 11.0. The van der Waals surface area contributed by atoms with Gasteiger partial charge in [-0.1, -0.05) is 38.7 Å². The van der Waals surface area contributed by atoms with Gasteiger partial charge in [0.05, 0.1) is 6.61 Å². The minimum absolute atomic E-state index is 0.275. The van der Waals surface area contributed by atoms with Gasteiger partial charge in [-0.05, 0) is 26.3 Å². The van der Waals surface area contributed by atoms with Crippen LogP contribution in [0.15, 0.2) is 12.2 Å². The molecule has 0 aromatic carbocycles. The summed E-state index contributed by atoms with van der Waals surface area (Å²) in [6.07, 6.45) is 8.20. The summed E-state index contributed by atoms with van der Waals surface area (Å²) in [5, 5.41) is 0. The van der Waals surface area contributed by atoms with Gasteiger partial charge in [0.25, 0.3) is 0 Å². The highest BCUT2D eigenvalue weighted by Gasteiger charge is 2.01. The van der Waals surface area contributed by atoms with Gasteiger partial charge in [0, 0.05) is 5.57 Å². The van der Waals surface area contributed by atoms with Crippen LogP contribution in [-0.2, 0) is 9.53 Å². The second kappa shape index (κ2) is 10.7. The average Bonchev–Trinajstić information content (AvgIpc) is 2.26. The van der Waals surface area contributed by atoms with E-state index in [1.54, 1.807) is 6.92 Å². The van der Waals surface area contributed by atoms with Gasteiger partial charge < -0.3 is 10.5 Å². The van der Waals surface area contributed by atoms with E-state index in [0.717, 1.165) is 25.8 Å². The standard InChI is InChI=1S/C13H25NO2/c1-12(2)13(15)16-11-9-7-5-3-4-6-8-10-14/h1,3-11,14H2,2H3. The molecule has 0 fully saturated rings. The summed E-state index contributed by atoms with van der Waals surface area (Å²) < 4.78 is 4.99. The molecule has 0 rings (SSSR count). The van der Waals surface area contributed by atoms with Crippen molar-refractivity contribution in [3.8, 4) is 0 Å². The minimum atomic E-state index is -0.275. The second-order valence-corrected chi connectivity index (χ2v) is 4.18. The van der Waals surface area contributed by atoms with E-state index in [-0.39, 0.29) is 5.97 Å². The number of ether oxygens (including phenoxy) is 1. The Balaban J connectivity index is 3.10. The van der Waals surface area contributed by atoms with Crippen LogP contribution in [0, 0.1) is 0 Å². The van der Waals surface area contributed by atoms with E-state index in [9.17, 15) is 4.79 Å². The molecule has 0 radical (unpaired) electrons. The largest absolute Gasteiger partial charge is 0.462 e. The van der Waals surface area contributed by atoms with E-state index in [2.05, 4.69) is 6.58 Å². The number of carbonyl (C=O) groups is 1. The molecule has 0 amide bonds. The molecule has 0 spiro atoms. The van der Waals surface area contributed by atoms with E-state index in [1.165, 1.54) is 25.7 Å². The van der Waals surface area contributed by atoms with Crippen molar-refractivity contribution < 1.29 is 9.53 Å². The molecule has 0 saturated heterocycles. The van der Waals surface area contributed by atoms with E-state index in [1.807, 2.05) is 0 Å². The first-order chi connectivity index (χ1) is 7.68. The lowest BCUT2D eigenvalue weighted by Crippen LogP contribution is -2.06. The number of carbonyl (C=O) groups excluding carboxylic acids is 1. The zero-order valence-corrected chi connectivity index (χ0v) is 10.5. The average molecular weight is 227 g/mol. The summed E-state index contributed by atoms with van der Waals surface area (Å²) in [5.74, 6) is -0.275. The third kappa shape index (κ3) is 9.71. The molecule has 2 N–H and O–H groups in total. The van der Waals surface area contributed by atoms with E-state index in [0.29, 0.717) is 12.2 Å². The van der Waals surface area contributed by atoms with Crippen LogP contribution in [0.3, 0.4) is 0 Å². The molecule has 0 aliphatic rings. The van der Waals surface area contributed by atoms with Gasteiger partial charge in [-0.3, -0.25) is 0 Å². The number of nitrogens with two attached hydrogens (primary N) is 1. The molecule has 0 aromatic rings. The van der Waals surface area contributed by atoms with Gasteiger partial charge >= 0.3 is 5.97 Å². The Labute approximate surface area is 99.0 Å². The summed E-state index contributed by atoms with van der Waals surface area (Å²) >= 11 is 0. The first-order valence-corrected chi connectivity index (χ1v) is 6.21. The molecule has 16 heavy (non-hydrogen) atoms. The number of hydrogen-bond acceptors (Lipinski definition) is 3. The van der Waals surface area contributed by atoms with Crippen LogP contribution in [0.5, 0.6) is 0 Å². The molecule has 3 nitrogen and oxygen atoms in total. The number of rotatable bonds is 10. The fraction of sp³-hybridized carbons (Fsp3) is 0.769. The van der Waals surface area contributed by atoms with Gasteiger partial charge in [-0.15, -0.1) is 0 Å². The van der Waals surface area contributed by atoms with Crippen molar-refractivity contribution in [2.45, 2.75) is 51.9 Å². The predicted octanol–water partition coefficient (Wildman–Crippen LogP) is 2.80. The lowest BCUT2D eigenvalue weighted by atomic mass is 10.1. The zero-order valence-electron chi connectivity index (χ0n) is 10.5. The molecule has 0 bridgehead atoms. The molecule has 0 atom stereocenters. The van der Waals surface area contributed by atoms with E-state index in [4.69, 9.17) is 10.5 Å². The van der Waals surface area contributed by atoms with Crippen LogP contribution >= 0.6 is 0 Å². The number of esters is 1. The molecular weight excluding hydrogens is 202 g/mol. The second-order valence-electron chi connectivity index (χ2n) is 4.18. The lowest BCUT2D eigenvalue weighted by molar-refractivity contribution is -0.139. The highest BCUT2D eigenvalue weighted by Crippen LogP contribution is 2.07. The van der Waals surface area contributed by atoms with Crippen molar-refractivity contribution in [3.63, 3.8) is 0 Å². The van der Waals surface area contributed by atoms with Crippen LogP contribution in [0.4, 0.5) is 0 Å². The van der Waals surface area contributed by atoms with Gasteiger partial charge in [-0.2, -0.15) is 0 Å². The van der Waals surface area contributed by atoms with E-state index >= 15 is 0 Å². The fourth-order valence-electron chi connectivity index (χ4n) is 1.42. The Bertz CT molecular complexity index is 202. The minimum Gasteiger partial charge on any atom is -0.462 e. The maximum absolute atomic E-state index is 11.0. The van der Waals surface area contributed by atoms with Crippen LogP contribution in [0.1, 0.15) is 51.9 Å². The first-order valence-electron chi connectivity index (χ1n) is 6.21. The highest BCUT2D eigenvalue weighted by atomic mass is 16.5. The smallest absolute Gasteiger partial charge is 0.333 e. The molecule has 0 aliphatic heterocycles. The zero-order chi connectivity index (χ0) is 12.2. The molecule has 94 valence electrons. The third-order valence-corrected chi connectivity index (χ3v) is 2.43. The van der Waals surface area contributed by atoms with Gasteiger partial charge in [0.15, 0.2) is 0 Å². The molecule has 0 aliphatic carbocycles. The highest BCUT2D eigenvalue weighted by molar-refractivity contribution is 5.86. The van der Waals surface area contributed by atoms with Crippen LogP contribution in [-0.4, -0.2) is 19.1 Å². The van der Waals surface area contributed by atoms with Crippen molar-refractivity contribution in [2.75, 3.05) is 13.2 Å². The summed E-state index contributed by atoms with van der Waals surface area (Å²) in [6, 6.07) is 0. The van der Waals surface area contributed by atoms with Gasteiger partial charge in [-0.25, -0.2) is 4.79 Å². The van der Waals surface area contributed by atoms with Crippen molar-refractivity contribution in [3.05, 3.63) is 12.2 Å². The maximum Gasteiger partial charge on any atom is 0.333 e. The Morgan fingerprint density at radius 1 is 1.06 bits per heavy atom. The topological polar surface area (TPSA) is 52.3 Å². The van der Waals surface area contributed by atoms with Gasteiger partial charge in [0.2, 0.25) is 0 Å². The van der Waals surface area contributed by atoms with Crippen molar-refractivity contribution in [2.24, 2.45) is 5.73 Å². The number of hydrogen-bond donors (Lipinski definition) is 1. The molecule has 3 heteroatoms. The van der Waals surface area contributed by atoms with Crippen LogP contribution in [0.25, 0.3) is 0 Å². The molecule has 0 heterocycles. The van der Waals surface area contributed by atoms with Gasteiger partial charge in [0.1, 0.15) is 0 Å². The molecule has 0 saturated carbocycles. The summed E-state index contributed by atoms with van der Waals surface area (Å²) in [5.41, 5.74) is 5.88. The first kappa shape index (κ1) is 15.2. The normalized spacial score (nSPS) is 10.1. The summed E-state index contributed by atoms with van der Waals surface area (Å²) in [7, 11) is 0. The Morgan fingerprint density at radius 2 is 1.56 bits per heavy atom. The Kier molecular flexibility index (Phi) is 10.1. The van der Waals surface area contributed by atoms with Crippen molar-refractivity contribution in [1.82, 2.24) is 0 Å². The van der Waals surface area contributed by atoms with Crippen molar-refractivity contribution in [1.29, 1.82) is 0 Å². The van der Waals surface area contributed by atoms with Crippen LogP contribution < -0.4 is 5.73 Å². The Hall–Kier alpha value is -0.830. The molecule has 0 unspecified atom stereocenters. The maximum atomic E-state index is 11.0. The molecular formula is C13H25NO2. The lowest BCUT2D eigenvalue weighted by Gasteiger charge is -2.04. The Morgan fingerprint density at radius 3 is 2.06 bits per heavy atom. The molecule has 0 aromatic heterocycles. The SMILES string of the molecule is C=C(C)C(=O)OCCCCCCCCCN. The summed E-state index contributed by atoms with van der Waals surface area (Å²) in [6.45, 7) is 6.52. The third-order valence-electron chi connectivity index (χ3n) is 2.43. The predicted molar refractivity (Wildman–Crippen MR) is 67.1 cm³/mol. The fourth-order valence-corrected chi connectivity index (χ4v) is 1.42. The van der Waals surface area contributed by atoms with Crippen LogP contribution in [0.2, 0.25) is 0 Å². The quantitative estimate of drug-likeness (QED) is 0.355. The monoisotopic (exact) mass is 227 g/mol.